The van der Waals surface area contributed by atoms with E-state index in [4.69, 9.17) is 9.47 Å². The summed E-state index contributed by atoms with van der Waals surface area (Å²) in [5.74, 6) is 1.28. The van der Waals surface area contributed by atoms with Crippen molar-refractivity contribution >= 4 is 11.8 Å². The molecule has 2 amide bonds. The minimum atomic E-state index is 0.134. The fraction of sp³-hybridized carbons (Fsp3) is 0.714. The van der Waals surface area contributed by atoms with Crippen LogP contribution in [0.1, 0.15) is 32.1 Å². The first-order chi connectivity index (χ1) is 14.2. The van der Waals surface area contributed by atoms with Crippen LogP contribution in [0.15, 0.2) is 18.5 Å². The van der Waals surface area contributed by atoms with Crippen LogP contribution < -0.4 is 4.74 Å². The highest BCUT2D eigenvalue weighted by atomic mass is 16.5. The Balaban J connectivity index is 1.19. The zero-order valence-electron chi connectivity index (χ0n) is 16.9. The molecule has 29 heavy (non-hydrogen) atoms. The molecule has 8 heteroatoms. The van der Waals surface area contributed by atoms with Gasteiger partial charge in [-0.25, -0.2) is 9.97 Å². The Bertz CT molecular complexity index is 687. The van der Waals surface area contributed by atoms with Crippen molar-refractivity contribution < 1.29 is 19.1 Å². The van der Waals surface area contributed by atoms with Gasteiger partial charge < -0.3 is 19.3 Å². The van der Waals surface area contributed by atoms with Crippen molar-refractivity contribution in [1.29, 1.82) is 0 Å². The number of ether oxygens (including phenoxy) is 2. The van der Waals surface area contributed by atoms with Crippen LogP contribution in [0.3, 0.4) is 0 Å². The van der Waals surface area contributed by atoms with E-state index in [0.29, 0.717) is 44.1 Å². The maximum Gasteiger partial charge on any atom is 0.316 e. The molecular formula is C21H30N4O4. The summed E-state index contributed by atoms with van der Waals surface area (Å²) in [6, 6.07) is 2.11. The number of carbonyl (C=O) groups excluding carboxylic acids is 2. The van der Waals surface area contributed by atoms with Crippen LogP contribution in [0.25, 0.3) is 0 Å². The van der Waals surface area contributed by atoms with Gasteiger partial charge in [-0.3, -0.25) is 9.59 Å². The summed E-state index contributed by atoms with van der Waals surface area (Å²) in [4.78, 5) is 37.2. The van der Waals surface area contributed by atoms with Crippen LogP contribution >= 0.6 is 0 Å². The summed E-state index contributed by atoms with van der Waals surface area (Å²) in [7, 11) is 0. The molecule has 0 saturated carbocycles. The molecule has 0 aromatic carbocycles. The van der Waals surface area contributed by atoms with Crippen molar-refractivity contribution in [2.75, 3.05) is 46.0 Å². The predicted molar refractivity (Wildman–Crippen MR) is 105 cm³/mol. The Morgan fingerprint density at radius 2 is 1.83 bits per heavy atom. The fourth-order valence-electron chi connectivity index (χ4n) is 4.54. The number of likely N-dealkylation sites (tertiary alicyclic amines) is 2. The number of hydrogen-bond acceptors (Lipinski definition) is 6. The lowest BCUT2D eigenvalue weighted by atomic mass is 9.93. The second-order valence-electron chi connectivity index (χ2n) is 8.37. The number of aromatic nitrogens is 2. The van der Waals surface area contributed by atoms with Gasteiger partial charge >= 0.3 is 6.01 Å². The molecule has 3 fully saturated rings. The molecule has 0 N–H and O–H groups in total. The van der Waals surface area contributed by atoms with E-state index >= 15 is 0 Å². The second-order valence-corrected chi connectivity index (χ2v) is 8.37. The van der Waals surface area contributed by atoms with E-state index in [9.17, 15) is 9.59 Å². The van der Waals surface area contributed by atoms with Crippen LogP contribution in [0, 0.1) is 17.8 Å². The van der Waals surface area contributed by atoms with E-state index in [1.165, 1.54) is 0 Å². The minimum absolute atomic E-state index is 0.134. The molecule has 158 valence electrons. The third-order valence-corrected chi connectivity index (χ3v) is 6.26. The van der Waals surface area contributed by atoms with Gasteiger partial charge in [-0.15, -0.1) is 0 Å². The molecule has 1 unspecified atom stereocenters. The summed E-state index contributed by atoms with van der Waals surface area (Å²) in [6.07, 6.45) is 7.45. The van der Waals surface area contributed by atoms with Crippen LogP contribution in [0.2, 0.25) is 0 Å². The Hall–Kier alpha value is -2.22. The summed E-state index contributed by atoms with van der Waals surface area (Å²) in [5, 5.41) is 0. The molecule has 0 bridgehead atoms. The van der Waals surface area contributed by atoms with Gasteiger partial charge in [-0.05, 0) is 37.7 Å². The fourth-order valence-corrected chi connectivity index (χ4v) is 4.54. The maximum atomic E-state index is 12.7. The number of rotatable bonds is 6. The predicted octanol–water partition coefficient (Wildman–Crippen LogP) is 1.37. The van der Waals surface area contributed by atoms with Gasteiger partial charge in [0.1, 0.15) is 0 Å². The molecule has 4 heterocycles. The lowest BCUT2D eigenvalue weighted by molar-refractivity contribution is -0.140. The summed E-state index contributed by atoms with van der Waals surface area (Å²) in [6.45, 7) is 4.99. The number of piperidine rings is 1. The first-order valence-electron chi connectivity index (χ1n) is 10.7. The van der Waals surface area contributed by atoms with Gasteiger partial charge in [0.2, 0.25) is 11.8 Å². The van der Waals surface area contributed by atoms with Gasteiger partial charge in [0.25, 0.3) is 0 Å². The third kappa shape index (κ3) is 5.23. The summed E-state index contributed by atoms with van der Waals surface area (Å²) in [5.41, 5.74) is 0. The van der Waals surface area contributed by atoms with Gasteiger partial charge in [0.15, 0.2) is 0 Å². The molecule has 8 nitrogen and oxygen atoms in total. The van der Waals surface area contributed by atoms with E-state index < -0.39 is 0 Å². The minimum Gasteiger partial charge on any atom is -0.463 e. The van der Waals surface area contributed by atoms with Crippen molar-refractivity contribution in [1.82, 2.24) is 19.8 Å². The van der Waals surface area contributed by atoms with E-state index in [2.05, 4.69) is 9.97 Å². The van der Waals surface area contributed by atoms with Gasteiger partial charge in [-0.2, -0.15) is 0 Å². The van der Waals surface area contributed by atoms with Crippen LogP contribution in [-0.2, 0) is 14.3 Å². The van der Waals surface area contributed by atoms with Gasteiger partial charge in [-0.1, -0.05) is 0 Å². The molecule has 0 radical (unpaired) electrons. The number of carbonyl (C=O) groups is 2. The molecule has 4 rings (SSSR count). The highest BCUT2D eigenvalue weighted by molar-refractivity contribution is 5.79. The Labute approximate surface area is 171 Å². The second kappa shape index (κ2) is 9.52. The van der Waals surface area contributed by atoms with Crippen molar-refractivity contribution in [3.63, 3.8) is 0 Å². The molecule has 3 saturated heterocycles. The van der Waals surface area contributed by atoms with Crippen LogP contribution in [0.5, 0.6) is 6.01 Å². The van der Waals surface area contributed by atoms with Crippen LogP contribution in [-0.4, -0.2) is 77.6 Å². The van der Waals surface area contributed by atoms with Crippen molar-refractivity contribution in [3.8, 4) is 6.01 Å². The monoisotopic (exact) mass is 402 g/mol. The van der Waals surface area contributed by atoms with Crippen molar-refractivity contribution in [3.05, 3.63) is 18.5 Å². The summed E-state index contributed by atoms with van der Waals surface area (Å²) < 4.78 is 11.0. The highest BCUT2D eigenvalue weighted by Crippen LogP contribution is 2.26. The summed E-state index contributed by atoms with van der Waals surface area (Å²) >= 11 is 0. The number of amides is 2. The molecule has 3 aliphatic heterocycles. The van der Waals surface area contributed by atoms with Crippen molar-refractivity contribution in [2.24, 2.45) is 17.8 Å². The average molecular weight is 402 g/mol. The van der Waals surface area contributed by atoms with Crippen LogP contribution in [0.4, 0.5) is 0 Å². The third-order valence-electron chi connectivity index (χ3n) is 6.26. The van der Waals surface area contributed by atoms with E-state index in [1.807, 2.05) is 9.80 Å². The lowest BCUT2D eigenvalue weighted by Gasteiger charge is -2.36. The molecule has 3 aliphatic rings. The maximum absolute atomic E-state index is 12.7. The topological polar surface area (TPSA) is 84.9 Å². The zero-order chi connectivity index (χ0) is 20.1. The quantitative estimate of drug-likeness (QED) is 0.715. The lowest BCUT2D eigenvalue weighted by Crippen LogP contribution is -2.45. The average Bonchev–Trinajstić information content (AvgIpc) is 3.13. The van der Waals surface area contributed by atoms with Crippen molar-refractivity contribution in [2.45, 2.75) is 32.1 Å². The number of nitrogens with zero attached hydrogens (tertiary/aromatic N) is 4. The van der Waals surface area contributed by atoms with Gasteiger partial charge in [0.05, 0.1) is 6.61 Å². The van der Waals surface area contributed by atoms with E-state index in [1.54, 1.807) is 18.5 Å². The highest BCUT2D eigenvalue weighted by Gasteiger charge is 2.34. The number of hydrogen-bond donors (Lipinski definition) is 0. The first kappa shape index (κ1) is 20.1. The molecule has 0 spiro atoms. The Morgan fingerprint density at radius 1 is 1.10 bits per heavy atom. The molecule has 1 aromatic heterocycles. The standard InChI is InChI=1S/C21H30N4O4/c26-19-12-17(15-29-21-22-6-1-7-23-21)14-25(19)13-16-2-8-24(9-3-16)20(27)18-4-10-28-11-5-18/h1,6-7,16-18H,2-5,8-15H2. The molecular weight excluding hydrogens is 372 g/mol. The Morgan fingerprint density at radius 3 is 2.55 bits per heavy atom. The molecule has 1 aromatic rings. The Kier molecular flexibility index (Phi) is 6.59. The smallest absolute Gasteiger partial charge is 0.316 e. The normalized spacial score (nSPS) is 24.1. The SMILES string of the molecule is O=C1CC(COc2ncccn2)CN1CC1CCN(C(=O)C2CCOCC2)CC1. The van der Waals surface area contributed by atoms with Gasteiger partial charge in [0, 0.05) is 70.0 Å². The molecule has 1 atom stereocenters. The largest absolute Gasteiger partial charge is 0.463 e. The zero-order valence-corrected chi connectivity index (χ0v) is 16.9. The molecule has 0 aliphatic carbocycles. The van der Waals surface area contributed by atoms with E-state index in [-0.39, 0.29) is 17.7 Å². The van der Waals surface area contributed by atoms with E-state index in [0.717, 1.165) is 51.9 Å². The first-order valence-corrected chi connectivity index (χ1v) is 10.7.